The van der Waals surface area contributed by atoms with Crippen LogP contribution in [0.25, 0.3) is 0 Å². The first-order valence-electron chi connectivity index (χ1n) is 5.83. The molecule has 0 radical (unpaired) electrons. The van der Waals surface area contributed by atoms with Crippen molar-refractivity contribution in [1.29, 1.82) is 0 Å². The zero-order chi connectivity index (χ0) is 14.9. The molecule has 1 fully saturated rings. The fourth-order valence-electron chi connectivity index (χ4n) is 1.93. The predicted octanol–water partition coefficient (Wildman–Crippen LogP) is 0.443. The summed E-state index contributed by atoms with van der Waals surface area (Å²) in [5.41, 5.74) is 5.06. The van der Waals surface area contributed by atoms with Crippen LogP contribution in [0.5, 0.6) is 0 Å². The maximum Gasteiger partial charge on any atom is 0.246 e. The summed E-state index contributed by atoms with van der Waals surface area (Å²) in [5.74, 6) is -1.03. The van der Waals surface area contributed by atoms with Gasteiger partial charge in [-0.05, 0) is 12.1 Å². The third-order valence-corrected chi connectivity index (χ3v) is 5.04. The molecule has 9 heteroatoms. The van der Waals surface area contributed by atoms with E-state index in [9.17, 15) is 12.8 Å². The molecule has 2 rings (SSSR count). The molecule has 1 aliphatic heterocycles. The van der Waals surface area contributed by atoms with Gasteiger partial charge >= 0.3 is 0 Å². The Balaban J connectivity index is 2.40. The number of nitrogen functional groups attached to an aromatic ring is 1. The minimum atomic E-state index is -4.08. The van der Waals surface area contributed by atoms with E-state index in [-0.39, 0.29) is 37.0 Å². The number of halogens is 2. The molecule has 1 unspecified atom stereocenters. The minimum absolute atomic E-state index is 0.0365. The zero-order valence-electron chi connectivity index (χ0n) is 10.4. The monoisotopic (exact) mass is 324 g/mol. The molecule has 0 aliphatic carbocycles. The summed E-state index contributed by atoms with van der Waals surface area (Å²) in [7, 11) is -4.08. The van der Waals surface area contributed by atoms with Gasteiger partial charge < -0.3 is 15.6 Å². The van der Waals surface area contributed by atoms with Crippen LogP contribution in [0.4, 0.5) is 10.1 Å². The van der Waals surface area contributed by atoms with Gasteiger partial charge in [0.1, 0.15) is 4.90 Å². The summed E-state index contributed by atoms with van der Waals surface area (Å²) in [6.45, 7) is -0.163. The van der Waals surface area contributed by atoms with Gasteiger partial charge in [-0.15, -0.1) is 0 Å². The molecule has 0 bridgehead atoms. The smallest absolute Gasteiger partial charge is 0.246 e. The van der Waals surface area contributed by atoms with E-state index in [0.29, 0.717) is 0 Å². The van der Waals surface area contributed by atoms with Crippen LogP contribution in [0, 0.1) is 5.82 Å². The van der Waals surface area contributed by atoms with E-state index in [1.165, 1.54) is 0 Å². The van der Waals surface area contributed by atoms with Crippen LogP contribution in [-0.4, -0.2) is 50.2 Å². The molecule has 0 amide bonds. The summed E-state index contributed by atoms with van der Waals surface area (Å²) in [6, 6.07) is 2.16. The van der Waals surface area contributed by atoms with Crippen LogP contribution in [0.15, 0.2) is 17.0 Å². The Morgan fingerprint density at radius 1 is 1.55 bits per heavy atom. The molecule has 112 valence electrons. The van der Waals surface area contributed by atoms with Crippen LogP contribution in [0.1, 0.15) is 0 Å². The molecule has 0 spiro atoms. The number of nitrogens with two attached hydrogens (primary N) is 1. The third-order valence-electron chi connectivity index (χ3n) is 2.96. The molecule has 1 aromatic carbocycles. The van der Waals surface area contributed by atoms with Gasteiger partial charge in [-0.1, -0.05) is 11.6 Å². The number of sulfonamides is 1. The van der Waals surface area contributed by atoms with Crippen molar-refractivity contribution < 1.29 is 22.7 Å². The summed E-state index contributed by atoms with van der Waals surface area (Å²) >= 11 is 5.73. The number of hydrogen-bond acceptors (Lipinski definition) is 5. The Morgan fingerprint density at radius 2 is 2.25 bits per heavy atom. The van der Waals surface area contributed by atoms with Crippen molar-refractivity contribution >= 4 is 27.3 Å². The number of aliphatic hydroxyl groups excluding tert-OH is 1. The molecule has 1 aromatic rings. The summed E-state index contributed by atoms with van der Waals surface area (Å²) in [6.07, 6.45) is -0.627. The molecule has 1 aliphatic rings. The van der Waals surface area contributed by atoms with Crippen molar-refractivity contribution in [3.05, 3.63) is 23.0 Å². The number of nitrogens with zero attached hydrogens (tertiary/aromatic N) is 1. The highest BCUT2D eigenvalue weighted by molar-refractivity contribution is 7.89. The molecule has 0 saturated carbocycles. The lowest BCUT2D eigenvalue weighted by Crippen LogP contribution is -2.47. The number of morpholine rings is 1. The second-order valence-electron chi connectivity index (χ2n) is 4.35. The topological polar surface area (TPSA) is 92.9 Å². The van der Waals surface area contributed by atoms with E-state index in [4.69, 9.17) is 27.2 Å². The lowest BCUT2D eigenvalue weighted by atomic mass is 10.3. The number of hydrogen-bond donors (Lipinski definition) is 2. The van der Waals surface area contributed by atoms with E-state index in [2.05, 4.69) is 0 Å². The Bertz CT molecular complexity index is 611. The first kappa shape index (κ1) is 15.5. The Hall–Kier alpha value is -0.930. The third kappa shape index (κ3) is 2.89. The molecule has 1 saturated heterocycles. The quantitative estimate of drug-likeness (QED) is 0.787. The van der Waals surface area contributed by atoms with Crippen molar-refractivity contribution in [3.63, 3.8) is 0 Å². The predicted molar refractivity (Wildman–Crippen MR) is 71.4 cm³/mol. The molecular formula is C11H14ClFN2O4S. The normalized spacial score (nSPS) is 21.1. The standard InChI is InChI=1S/C11H14ClFN2O4S/c12-7-3-9(14)11(13)10(4-7)20(17,18)15-1-2-19-8(5-15)6-16/h3-4,8,16H,1-2,5-6,14H2. The zero-order valence-corrected chi connectivity index (χ0v) is 12.0. The molecule has 1 atom stereocenters. The summed E-state index contributed by atoms with van der Waals surface area (Å²) in [4.78, 5) is -0.568. The first-order valence-corrected chi connectivity index (χ1v) is 7.65. The number of benzene rings is 1. The van der Waals surface area contributed by atoms with E-state index in [1.54, 1.807) is 0 Å². The molecule has 6 nitrogen and oxygen atoms in total. The van der Waals surface area contributed by atoms with Crippen LogP contribution in [-0.2, 0) is 14.8 Å². The number of ether oxygens (including phenoxy) is 1. The molecule has 1 heterocycles. The van der Waals surface area contributed by atoms with Crippen molar-refractivity contribution in [2.45, 2.75) is 11.0 Å². The van der Waals surface area contributed by atoms with Gasteiger partial charge in [0.2, 0.25) is 10.0 Å². The van der Waals surface area contributed by atoms with E-state index in [1.807, 2.05) is 0 Å². The van der Waals surface area contributed by atoms with Gasteiger partial charge in [0, 0.05) is 18.1 Å². The lowest BCUT2D eigenvalue weighted by Gasteiger charge is -2.31. The number of anilines is 1. The Labute approximate surface area is 120 Å². The van der Waals surface area contributed by atoms with Gasteiger partial charge in [0.05, 0.1) is 25.0 Å². The van der Waals surface area contributed by atoms with E-state index >= 15 is 0 Å². The van der Waals surface area contributed by atoms with Gasteiger partial charge in [0.15, 0.2) is 5.82 Å². The van der Waals surface area contributed by atoms with Gasteiger partial charge in [-0.25, -0.2) is 12.8 Å². The van der Waals surface area contributed by atoms with Crippen LogP contribution in [0.3, 0.4) is 0 Å². The average molecular weight is 325 g/mol. The number of rotatable bonds is 3. The average Bonchev–Trinajstić information content (AvgIpc) is 2.42. The highest BCUT2D eigenvalue weighted by Gasteiger charge is 2.33. The van der Waals surface area contributed by atoms with Crippen molar-refractivity contribution in [1.82, 2.24) is 4.31 Å². The highest BCUT2D eigenvalue weighted by Crippen LogP contribution is 2.28. The second kappa shape index (κ2) is 5.82. The van der Waals surface area contributed by atoms with Crippen LogP contribution >= 0.6 is 11.6 Å². The number of aliphatic hydroxyl groups is 1. The second-order valence-corrected chi connectivity index (χ2v) is 6.69. The minimum Gasteiger partial charge on any atom is -0.396 e. The van der Waals surface area contributed by atoms with Gasteiger partial charge in [0.25, 0.3) is 0 Å². The molecular weight excluding hydrogens is 311 g/mol. The maximum atomic E-state index is 13.9. The maximum absolute atomic E-state index is 13.9. The molecule has 20 heavy (non-hydrogen) atoms. The van der Waals surface area contributed by atoms with Crippen molar-refractivity contribution in [3.8, 4) is 0 Å². The molecule has 0 aromatic heterocycles. The van der Waals surface area contributed by atoms with E-state index < -0.39 is 26.8 Å². The fourth-order valence-corrected chi connectivity index (χ4v) is 3.80. The fraction of sp³-hybridized carbons (Fsp3) is 0.455. The Kier molecular flexibility index (Phi) is 4.50. The van der Waals surface area contributed by atoms with E-state index in [0.717, 1.165) is 16.4 Å². The summed E-state index contributed by atoms with van der Waals surface area (Å²) in [5, 5.41) is 9.06. The van der Waals surface area contributed by atoms with Gasteiger partial charge in [-0.2, -0.15) is 4.31 Å². The lowest BCUT2D eigenvalue weighted by molar-refractivity contribution is -0.0305. The SMILES string of the molecule is Nc1cc(Cl)cc(S(=O)(=O)N2CCOC(CO)C2)c1F. The highest BCUT2D eigenvalue weighted by atomic mass is 35.5. The van der Waals surface area contributed by atoms with Gasteiger partial charge in [-0.3, -0.25) is 0 Å². The first-order chi connectivity index (χ1) is 9.36. The Morgan fingerprint density at radius 3 is 2.90 bits per heavy atom. The van der Waals surface area contributed by atoms with Crippen LogP contribution < -0.4 is 5.73 Å². The van der Waals surface area contributed by atoms with Crippen molar-refractivity contribution in [2.75, 3.05) is 32.0 Å². The van der Waals surface area contributed by atoms with Crippen molar-refractivity contribution in [2.24, 2.45) is 0 Å². The molecule has 3 N–H and O–H groups in total. The van der Waals surface area contributed by atoms with Crippen LogP contribution in [0.2, 0.25) is 5.02 Å². The summed E-state index contributed by atoms with van der Waals surface area (Å²) < 4.78 is 45.0. The largest absolute Gasteiger partial charge is 0.396 e.